The summed E-state index contributed by atoms with van der Waals surface area (Å²) in [5.74, 6) is 1.69. The average Bonchev–Trinajstić information content (AvgIpc) is 2.92. The molecule has 8 nitrogen and oxygen atoms in total. The van der Waals surface area contributed by atoms with Crippen LogP contribution in [-0.4, -0.2) is 67.2 Å². The molecular weight excluding hydrogens is 474 g/mol. The van der Waals surface area contributed by atoms with Gasteiger partial charge in [0.15, 0.2) is 0 Å². The Bertz CT molecular complexity index is 1210. The highest BCUT2D eigenvalue weighted by Crippen LogP contribution is 2.30. The highest BCUT2D eigenvalue weighted by Gasteiger charge is 2.29. The summed E-state index contributed by atoms with van der Waals surface area (Å²) in [6, 6.07) is 17.6. The van der Waals surface area contributed by atoms with Crippen molar-refractivity contribution in [2.24, 2.45) is 0 Å². The van der Waals surface area contributed by atoms with E-state index in [2.05, 4.69) is 57.3 Å². The van der Waals surface area contributed by atoms with Gasteiger partial charge in [0.2, 0.25) is 5.95 Å². The van der Waals surface area contributed by atoms with Crippen LogP contribution >= 0.6 is 11.6 Å². The van der Waals surface area contributed by atoms with E-state index >= 15 is 0 Å². The zero-order valence-corrected chi connectivity index (χ0v) is 21.6. The van der Waals surface area contributed by atoms with Gasteiger partial charge in [0.05, 0.1) is 12.2 Å². The monoisotopic (exact) mass is 505 g/mol. The number of para-hydroxylation sites is 1. The third-order valence-corrected chi connectivity index (χ3v) is 7.14. The maximum atomic E-state index is 13.0. The Hall–Kier alpha value is -3.52. The number of hydrogen-bond donors (Lipinski definition) is 1. The number of fused-ring (bicyclic) bond motifs is 1. The third-order valence-electron chi connectivity index (χ3n) is 6.91. The Labute approximate surface area is 217 Å². The summed E-state index contributed by atoms with van der Waals surface area (Å²) < 4.78 is 0. The van der Waals surface area contributed by atoms with Crippen molar-refractivity contribution in [2.75, 3.05) is 66.3 Å². The molecule has 188 valence electrons. The zero-order valence-electron chi connectivity index (χ0n) is 20.8. The van der Waals surface area contributed by atoms with Crippen molar-refractivity contribution >= 4 is 40.8 Å². The molecule has 2 aromatic carbocycles. The van der Waals surface area contributed by atoms with Crippen molar-refractivity contribution in [1.82, 2.24) is 14.9 Å². The van der Waals surface area contributed by atoms with Crippen LogP contribution in [0.25, 0.3) is 0 Å². The lowest BCUT2D eigenvalue weighted by molar-refractivity contribution is 0.206. The summed E-state index contributed by atoms with van der Waals surface area (Å²) in [6.07, 6.45) is 0.697. The van der Waals surface area contributed by atoms with E-state index < -0.39 is 0 Å². The minimum absolute atomic E-state index is 0.144. The molecule has 2 aliphatic heterocycles. The van der Waals surface area contributed by atoms with Gasteiger partial charge in [-0.25, -0.2) is 9.78 Å². The summed E-state index contributed by atoms with van der Waals surface area (Å²) in [5, 5.41) is 3.55. The molecule has 0 spiro atoms. The van der Waals surface area contributed by atoms with Gasteiger partial charge < -0.3 is 24.9 Å². The second-order valence-corrected chi connectivity index (χ2v) is 9.64. The van der Waals surface area contributed by atoms with E-state index in [0.717, 1.165) is 55.7 Å². The van der Waals surface area contributed by atoms with Gasteiger partial charge in [0.25, 0.3) is 0 Å². The van der Waals surface area contributed by atoms with Crippen LogP contribution in [0, 0.1) is 0 Å². The Morgan fingerprint density at radius 2 is 1.75 bits per heavy atom. The van der Waals surface area contributed by atoms with Crippen LogP contribution < -0.4 is 20.0 Å². The fourth-order valence-electron chi connectivity index (χ4n) is 4.74. The second kappa shape index (κ2) is 10.6. The second-order valence-electron chi connectivity index (χ2n) is 9.21. The lowest BCUT2D eigenvalue weighted by Crippen LogP contribution is -2.47. The van der Waals surface area contributed by atoms with Gasteiger partial charge in [0.1, 0.15) is 5.82 Å². The SMILES string of the molecule is CCN(C)c1nc(N2CCN(c3ccccc3)CC2)nc2c1CN(C(=O)Nc1cccc(Cl)c1)CC2. The van der Waals surface area contributed by atoms with Gasteiger partial charge in [-0.15, -0.1) is 0 Å². The maximum absolute atomic E-state index is 13.0. The minimum Gasteiger partial charge on any atom is -0.368 e. The highest BCUT2D eigenvalue weighted by molar-refractivity contribution is 6.30. The quantitative estimate of drug-likeness (QED) is 0.550. The smallest absolute Gasteiger partial charge is 0.322 e. The number of halogens is 1. The summed E-state index contributed by atoms with van der Waals surface area (Å²) in [4.78, 5) is 31.7. The van der Waals surface area contributed by atoms with Crippen LogP contribution in [0.5, 0.6) is 0 Å². The number of urea groups is 1. The standard InChI is InChI=1S/C27H32ClN7O/c1-3-32(2)25-23-19-35(27(36)29-21-9-7-8-20(28)18-21)13-12-24(23)30-26(31-25)34-16-14-33(15-17-34)22-10-5-4-6-11-22/h4-11,18H,3,12-17,19H2,1-2H3,(H,29,36). The molecule has 0 atom stereocenters. The zero-order chi connectivity index (χ0) is 25.1. The number of carbonyl (C=O) groups is 1. The maximum Gasteiger partial charge on any atom is 0.322 e. The molecule has 0 radical (unpaired) electrons. The van der Waals surface area contributed by atoms with E-state index in [0.29, 0.717) is 30.2 Å². The molecule has 1 saturated heterocycles. The van der Waals surface area contributed by atoms with Gasteiger partial charge in [-0.3, -0.25) is 0 Å². The lowest BCUT2D eigenvalue weighted by atomic mass is 10.1. The van der Waals surface area contributed by atoms with Crippen LogP contribution in [0.3, 0.4) is 0 Å². The van der Waals surface area contributed by atoms with Gasteiger partial charge in [0, 0.05) is 74.7 Å². The number of piperazine rings is 1. The Balaban J connectivity index is 1.33. The molecule has 3 aromatic rings. The van der Waals surface area contributed by atoms with Crippen LogP contribution in [0.4, 0.5) is 27.9 Å². The molecule has 0 saturated carbocycles. The minimum atomic E-state index is -0.144. The van der Waals surface area contributed by atoms with Gasteiger partial charge >= 0.3 is 6.03 Å². The largest absolute Gasteiger partial charge is 0.368 e. The van der Waals surface area contributed by atoms with E-state index in [1.54, 1.807) is 12.1 Å². The molecule has 3 heterocycles. The molecule has 2 aliphatic rings. The van der Waals surface area contributed by atoms with Crippen molar-refractivity contribution in [3.63, 3.8) is 0 Å². The van der Waals surface area contributed by atoms with E-state index in [1.165, 1.54) is 5.69 Å². The highest BCUT2D eigenvalue weighted by atomic mass is 35.5. The Morgan fingerprint density at radius 1 is 1.00 bits per heavy atom. The van der Waals surface area contributed by atoms with Crippen LogP contribution in [0.1, 0.15) is 18.2 Å². The first kappa shape index (κ1) is 24.2. The van der Waals surface area contributed by atoms with E-state index in [4.69, 9.17) is 21.6 Å². The van der Waals surface area contributed by atoms with Gasteiger partial charge in [-0.05, 0) is 37.3 Å². The number of benzene rings is 2. The molecule has 1 aromatic heterocycles. The molecule has 9 heteroatoms. The predicted octanol–water partition coefficient (Wildman–Crippen LogP) is 4.50. The molecular formula is C27H32ClN7O. The first-order valence-electron chi connectivity index (χ1n) is 12.5. The van der Waals surface area contributed by atoms with Gasteiger partial charge in [-0.2, -0.15) is 4.98 Å². The van der Waals surface area contributed by atoms with Crippen molar-refractivity contribution in [3.8, 4) is 0 Å². The molecule has 0 aliphatic carbocycles. The average molecular weight is 506 g/mol. The Kier molecular flexibility index (Phi) is 7.13. The van der Waals surface area contributed by atoms with Crippen molar-refractivity contribution in [2.45, 2.75) is 19.9 Å². The normalized spacial score (nSPS) is 15.5. The van der Waals surface area contributed by atoms with Gasteiger partial charge in [-0.1, -0.05) is 35.9 Å². The number of aromatic nitrogens is 2. The molecule has 1 N–H and O–H groups in total. The fraction of sp³-hybridized carbons (Fsp3) is 0.370. The Morgan fingerprint density at radius 3 is 2.47 bits per heavy atom. The van der Waals surface area contributed by atoms with Crippen LogP contribution in [0.2, 0.25) is 5.02 Å². The summed E-state index contributed by atoms with van der Waals surface area (Å²) in [6.45, 7) is 7.62. The van der Waals surface area contributed by atoms with E-state index in [1.807, 2.05) is 24.1 Å². The van der Waals surface area contributed by atoms with E-state index in [-0.39, 0.29) is 6.03 Å². The number of rotatable bonds is 5. The molecule has 5 rings (SSSR count). The van der Waals surface area contributed by atoms with Crippen LogP contribution in [-0.2, 0) is 13.0 Å². The summed E-state index contributed by atoms with van der Waals surface area (Å²) in [7, 11) is 2.05. The third kappa shape index (κ3) is 5.18. The lowest BCUT2D eigenvalue weighted by Gasteiger charge is -2.37. The molecule has 0 bridgehead atoms. The number of nitrogens with zero attached hydrogens (tertiary/aromatic N) is 6. The number of nitrogens with one attached hydrogen (secondary N) is 1. The summed E-state index contributed by atoms with van der Waals surface area (Å²) in [5.41, 5.74) is 4.00. The first-order valence-corrected chi connectivity index (χ1v) is 12.9. The topological polar surface area (TPSA) is 67.8 Å². The number of amides is 2. The van der Waals surface area contributed by atoms with Crippen LogP contribution in [0.15, 0.2) is 54.6 Å². The predicted molar refractivity (Wildman–Crippen MR) is 146 cm³/mol. The van der Waals surface area contributed by atoms with E-state index in [9.17, 15) is 4.79 Å². The molecule has 1 fully saturated rings. The summed E-state index contributed by atoms with van der Waals surface area (Å²) >= 11 is 6.08. The number of anilines is 4. The molecule has 36 heavy (non-hydrogen) atoms. The van der Waals surface area contributed by atoms with Crippen molar-refractivity contribution in [3.05, 3.63) is 70.9 Å². The van der Waals surface area contributed by atoms with Crippen molar-refractivity contribution < 1.29 is 4.79 Å². The molecule has 2 amide bonds. The molecule has 0 unspecified atom stereocenters. The number of hydrogen-bond acceptors (Lipinski definition) is 6. The van der Waals surface area contributed by atoms with Crippen molar-refractivity contribution in [1.29, 1.82) is 0 Å². The number of carbonyl (C=O) groups excluding carboxylic acids is 1. The fourth-order valence-corrected chi connectivity index (χ4v) is 4.93. The first-order chi connectivity index (χ1) is 17.5.